The Kier molecular flexibility index (Phi) is 4.39. The second kappa shape index (κ2) is 6.64. The Bertz CT molecular complexity index is 904. The fraction of sp³-hybridized carbons (Fsp3) is 0.0556. The van der Waals surface area contributed by atoms with Crippen molar-refractivity contribution in [2.45, 2.75) is 6.92 Å². The van der Waals surface area contributed by atoms with Gasteiger partial charge >= 0.3 is 0 Å². The number of carbonyl (C=O) groups excluding carboxylic acids is 2. The van der Waals surface area contributed by atoms with E-state index in [0.717, 1.165) is 10.6 Å². The van der Waals surface area contributed by atoms with Crippen LogP contribution in [0.2, 0.25) is 0 Å². The standard InChI is InChI=1S/C18H15N3O2S/c1-11-15(24-18(20-11)12-6-3-2-4-7-12)17(23)21-14-9-5-8-13(10-14)16(19)22/h2-10H,1H3,(H2,19,22)(H,21,23). The summed E-state index contributed by atoms with van der Waals surface area (Å²) in [6, 6.07) is 16.2. The van der Waals surface area contributed by atoms with E-state index in [-0.39, 0.29) is 5.91 Å². The van der Waals surface area contributed by atoms with E-state index in [4.69, 9.17) is 5.73 Å². The molecule has 5 nitrogen and oxygen atoms in total. The van der Waals surface area contributed by atoms with Gasteiger partial charge in [-0.3, -0.25) is 9.59 Å². The Morgan fingerprint density at radius 1 is 1.08 bits per heavy atom. The van der Waals surface area contributed by atoms with Crippen molar-refractivity contribution in [1.82, 2.24) is 4.98 Å². The first-order chi connectivity index (χ1) is 11.5. The molecule has 0 atom stereocenters. The van der Waals surface area contributed by atoms with Gasteiger partial charge in [-0.05, 0) is 25.1 Å². The topological polar surface area (TPSA) is 85.1 Å². The molecule has 120 valence electrons. The Labute approximate surface area is 143 Å². The third kappa shape index (κ3) is 3.33. The molecule has 0 unspecified atom stereocenters. The van der Waals surface area contributed by atoms with E-state index >= 15 is 0 Å². The van der Waals surface area contributed by atoms with E-state index in [2.05, 4.69) is 10.3 Å². The number of thiazole rings is 1. The predicted molar refractivity (Wildman–Crippen MR) is 95.2 cm³/mol. The molecule has 2 aromatic carbocycles. The number of nitrogens with zero attached hydrogens (tertiary/aromatic N) is 1. The van der Waals surface area contributed by atoms with Crippen LogP contribution in [0.5, 0.6) is 0 Å². The van der Waals surface area contributed by atoms with Crippen LogP contribution < -0.4 is 11.1 Å². The average molecular weight is 337 g/mol. The van der Waals surface area contributed by atoms with Crippen molar-refractivity contribution in [3.63, 3.8) is 0 Å². The minimum absolute atomic E-state index is 0.256. The van der Waals surface area contributed by atoms with E-state index in [1.54, 1.807) is 31.2 Å². The average Bonchev–Trinajstić information content (AvgIpc) is 2.98. The number of nitrogens with one attached hydrogen (secondary N) is 1. The van der Waals surface area contributed by atoms with Crippen molar-refractivity contribution in [1.29, 1.82) is 0 Å². The maximum absolute atomic E-state index is 12.5. The van der Waals surface area contributed by atoms with Crippen molar-refractivity contribution >= 4 is 28.8 Å². The Hall–Kier alpha value is -2.99. The summed E-state index contributed by atoms with van der Waals surface area (Å²) in [4.78, 5) is 28.7. The number of carbonyl (C=O) groups is 2. The van der Waals surface area contributed by atoms with Gasteiger partial charge in [0.05, 0.1) is 5.69 Å². The SMILES string of the molecule is Cc1nc(-c2ccccc2)sc1C(=O)Nc1cccc(C(N)=O)c1. The molecule has 0 aliphatic carbocycles. The minimum Gasteiger partial charge on any atom is -0.366 e. The van der Waals surface area contributed by atoms with Gasteiger partial charge in [-0.15, -0.1) is 11.3 Å². The van der Waals surface area contributed by atoms with Gasteiger partial charge in [0.15, 0.2) is 0 Å². The van der Waals surface area contributed by atoms with Crippen LogP contribution in [0.3, 0.4) is 0 Å². The van der Waals surface area contributed by atoms with Crippen LogP contribution in [0, 0.1) is 6.92 Å². The van der Waals surface area contributed by atoms with Gasteiger partial charge in [-0.25, -0.2) is 4.98 Å². The number of hydrogen-bond acceptors (Lipinski definition) is 4. The molecule has 3 N–H and O–H groups in total. The molecule has 0 fully saturated rings. The summed E-state index contributed by atoms with van der Waals surface area (Å²) in [6.07, 6.45) is 0. The molecule has 1 aromatic heterocycles. The molecule has 0 saturated heterocycles. The number of rotatable bonds is 4. The maximum atomic E-state index is 12.5. The molecule has 0 bridgehead atoms. The fourth-order valence-electron chi connectivity index (χ4n) is 2.25. The van der Waals surface area contributed by atoms with Gasteiger partial charge < -0.3 is 11.1 Å². The second-order valence-corrected chi connectivity index (χ2v) is 6.20. The second-order valence-electron chi connectivity index (χ2n) is 5.20. The zero-order valence-electron chi connectivity index (χ0n) is 12.9. The summed E-state index contributed by atoms with van der Waals surface area (Å²) in [5.74, 6) is -0.791. The number of hydrogen-bond donors (Lipinski definition) is 2. The van der Waals surface area contributed by atoms with Crippen molar-refractivity contribution in [3.8, 4) is 10.6 Å². The molecular weight excluding hydrogens is 322 g/mol. The molecule has 6 heteroatoms. The Balaban J connectivity index is 1.84. The lowest BCUT2D eigenvalue weighted by molar-refractivity contribution is 0.0996. The van der Waals surface area contributed by atoms with Crippen LogP contribution in [0.15, 0.2) is 54.6 Å². The van der Waals surface area contributed by atoms with Crippen LogP contribution in [-0.2, 0) is 0 Å². The largest absolute Gasteiger partial charge is 0.366 e. The highest BCUT2D eigenvalue weighted by Gasteiger charge is 2.16. The summed E-state index contributed by atoms with van der Waals surface area (Å²) in [5, 5.41) is 3.58. The van der Waals surface area contributed by atoms with Gasteiger partial charge in [0, 0.05) is 16.8 Å². The smallest absolute Gasteiger partial charge is 0.267 e. The summed E-state index contributed by atoms with van der Waals surface area (Å²) in [5.41, 5.74) is 7.76. The van der Waals surface area contributed by atoms with E-state index in [1.165, 1.54) is 11.3 Å². The molecule has 0 saturated carbocycles. The monoisotopic (exact) mass is 337 g/mol. The third-order valence-electron chi connectivity index (χ3n) is 3.43. The van der Waals surface area contributed by atoms with E-state index < -0.39 is 5.91 Å². The van der Waals surface area contributed by atoms with Gasteiger partial charge in [0.1, 0.15) is 9.88 Å². The summed E-state index contributed by atoms with van der Waals surface area (Å²) in [7, 11) is 0. The molecular formula is C18H15N3O2S. The molecule has 3 aromatic rings. The first-order valence-electron chi connectivity index (χ1n) is 7.28. The highest BCUT2D eigenvalue weighted by Crippen LogP contribution is 2.28. The van der Waals surface area contributed by atoms with Gasteiger partial charge in [-0.1, -0.05) is 36.4 Å². The molecule has 2 amide bonds. The number of primary amides is 1. The molecule has 1 heterocycles. The Morgan fingerprint density at radius 2 is 1.83 bits per heavy atom. The van der Waals surface area contributed by atoms with Gasteiger partial charge in [-0.2, -0.15) is 0 Å². The number of nitrogens with two attached hydrogens (primary N) is 1. The third-order valence-corrected chi connectivity index (χ3v) is 4.63. The van der Waals surface area contributed by atoms with Gasteiger partial charge in [0.25, 0.3) is 5.91 Å². The molecule has 0 aliphatic rings. The Morgan fingerprint density at radius 3 is 2.54 bits per heavy atom. The highest BCUT2D eigenvalue weighted by molar-refractivity contribution is 7.17. The van der Waals surface area contributed by atoms with Crippen LogP contribution in [0.4, 0.5) is 5.69 Å². The van der Waals surface area contributed by atoms with Crippen molar-refractivity contribution in [3.05, 3.63) is 70.7 Å². The molecule has 0 aliphatic heterocycles. The summed E-state index contributed by atoms with van der Waals surface area (Å²) >= 11 is 1.34. The quantitative estimate of drug-likeness (QED) is 0.764. The van der Waals surface area contributed by atoms with Crippen molar-refractivity contribution in [2.24, 2.45) is 5.73 Å². The molecule has 0 radical (unpaired) electrons. The lowest BCUT2D eigenvalue weighted by atomic mass is 10.2. The normalized spacial score (nSPS) is 10.4. The van der Waals surface area contributed by atoms with E-state index in [9.17, 15) is 9.59 Å². The number of anilines is 1. The number of aryl methyl sites for hydroxylation is 1. The first-order valence-corrected chi connectivity index (χ1v) is 8.10. The van der Waals surface area contributed by atoms with Crippen LogP contribution in [0.25, 0.3) is 10.6 Å². The van der Waals surface area contributed by atoms with Crippen molar-refractivity contribution in [2.75, 3.05) is 5.32 Å². The van der Waals surface area contributed by atoms with Gasteiger partial charge in [0.2, 0.25) is 5.91 Å². The summed E-state index contributed by atoms with van der Waals surface area (Å²) < 4.78 is 0. The minimum atomic E-state index is -0.536. The highest BCUT2D eigenvalue weighted by atomic mass is 32.1. The van der Waals surface area contributed by atoms with E-state index in [1.807, 2.05) is 30.3 Å². The number of amides is 2. The maximum Gasteiger partial charge on any atom is 0.267 e. The molecule has 3 rings (SSSR count). The van der Waals surface area contributed by atoms with Crippen LogP contribution in [0.1, 0.15) is 25.7 Å². The zero-order valence-corrected chi connectivity index (χ0v) is 13.8. The van der Waals surface area contributed by atoms with Crippen LogP contribution in [-0.4, -0.2) is 16.8 Å². The number of aromatic nitrogens is 1. The lowest BCUT2D eigenvalue weighted by Crippen LogP contribution is -2.14. The van der Waals surface area contributed by atoms with Crippen LogP contribution >= 0.6 is 11.3 Å². The first kappa shape index (κ1) is 15.9. The predicted octanol–water partition coefficient (Wildman–Crippen LogP) is 3.47. The molecule has 0 spiro atoms. The summed E-state index contributed by atoms with van der Waals surface area (Å²) in [6.45, 7) is 1.80. The van der Waals surface area contributed by atoms with Crippen molar-refractivity contribution < 1.29 is 9.59 Å². The van der Waals surface area contributed by atoms with E-state index in [0.29, 0.717) is 21.8 Å². The zero-order chi connectivity index (χ0) is 17.1. The lowest BCUT2D eigenvalue weighted by Gasteiger charge is -2.05. The fourth-order valence-corrected chi connectivity index (χ4v) is 3.22. The number of benzene rings is 2. The molecule has 24 heavy (non-hydrogen) atoms.